The van der Waals surface area contributed by atoms with Crippen molar-refractivity contribution in [2.24, 2.45) is 51.8 Å². The third kappa shape index (κ3) is 3.24. The fraction of sp³-hybridized carbons (Fsp3) is 0.931. The summed E-state index contributed by atoms with van der Waals surface area (Å²) in [6.45, 7) is 12.3. The van der Waals surface area contributed by atoms with Crippen LogP contribution in [-0.2, 0) is 0 Å². The van der Waals surface area contributed by atoms with Gasteiger partial charge in [-0.1, -0.05) is 65.5 Å². The van der Waals surface area contributed by atoms with Gasteiger partial charge in [-0.25, -0.2) is 0 Å². The summed E-state index contributed by atoms with van der Waals surface area (Å²) < 4.78 is 0. The van der Waals surface area contributed by atoms with E-state index < -0.39 is 0 Å². The van der Waals surface area contributed by atoms with E-state index in [1.807, 2.05) is 0 Å². The maximum absolute atomic E-state index is 11.5. The first-order chi connectivity index (χ1) is 14.6. The van der Waals surface area contributed by atoms with E-state index in [4.69, 9.17) is 0 Å². The highest BCUT2D eigenvalue weighted by atomic mass is 16.3. The molecule has 0 aromatic carbocycles. The average molecular weight is 429 g/mol. The van der Waals surface area contributed by atoms with Gasteiger partial charge in [0.1, 0.15) is 0 Å². The fourth-order valence-corrected chi connectivity index (χ4v) is 9.80. The van der Waals surface area contributed by atoms with Gasteiger partial charge < -0.3 is 10.2 Å². The van der Waals surface area contributed by atoms with Gasteiger partial charge in [0.05, 0.1) is 12.2 Å². The highest BCUT2D eigenvalue weighted by Gasteiger charge is 2.66. The molecule has 4 saturated carbocycles. The molecule has 9 atom stereocenters. The van der Waals surface area contributed by atoms with E-state index >= 15 is 0 Å². The summed E-state index contributed by atoms with van der Waals surface area (Å²) >= 11 is 0. The van der Waals surface area contributed by atoms with Gasteiger partial charge in [-0.05, 0) is 97.7 Å². The molecule has 0 unspecified atom stereocenters. The molecule has 2 nitrogen and oxygen atoms in total. The Kier molecular flexibility index (Phi) is 5.50. The van der Waals surface area contributed by atoms with Crippen LogP contribution in [0.2, 0.25) is 0 Å². The van der Waals surface area contributed by atoms with E-state index in [0.717, 1.165) is 43.4 Å². The number of aliphatic hydroxyl groups excluding tert-OH is 2. The molecule has 1 spiro atoms. The summed E-state index contributed by atoms with van der Waals surface area (Å²) in [6.07, 6.45) is 15.6. The SMILES string of the molecule is CC(C)CCC[C@@H](C)[C@H]1CC[C@H]2[C@@H]3[C@H](O)C=C4C5(CC5)[C@@H](O)CC[C@]4(C)[C@H]3CC[C@]12C. The summed E-state index contributed by atoms with van der Waals surface area (Å²) in [4.78, 5) is 0. The van der Waals surface area contributed by atoms with Crippen LogP contribution in [0.25, 0.3) is 0 Å². The maximum Gasteiger partial charge on any atom is 0.0757 e. The second-order valence-electron chi connectivity index (χ2n) is 13.5. The van der Waals surface area contributed by atoms with E-state index in [0.29, 0.717) is 23.2 Å². The smallest absolute Gasteiger partial charge is 0.0757 e. The van der Waals surface area contributed by atoms with Crippen molar-refractivity contribution >= 4 is 0 Å². The lowest BCUT2D eigenvalue weighted by molar-refractivity contribution is -0.105. The Morgan fingerprint density at radius 3 is 2.32 bits per heavy atom. The van der Waals surface area contributed by atoms with E-state index in [1.54, 1.807) is 0 Å². The van der Waals surface area contributed by atoms with Crippen LogP contribution in [0.5, 0.6) is 0 Å². The molecule has 0 heterocycles. The molecule has 5 rings (SSSR count). The van der Waals surface area contributed by atoms with Gasteiger partial charge in [-0.15, -0.1) is 0 Å². The summed E-state index contributed by atoms with van der Waals surface area (Å²) in [5.41, 5.74) is 2.12. The Balaban J connectivity index is 1.39. The Hall–Kier alpha value is -0.340. The topological polar surface area (TPSA) is 40.5 Å². The van der Waals surface area contributed by atoms with E-state index in [-0.39, 0.29) is 23.0 Å². The van der Waals surface area contributed by atoms with Crippen molar-refractivity contribution in [3.05, 3.63) is 11.6 Å². The molecule has 5 aliphatic carbocycles. The molecule has 0 saturated heterocycles. The van der Waals surface area contributed by atoms with Crippen molar-refractivity contribution in [3.63, 3.8) is 0 Å². The molecule has 2 N–H and O–H groups in total. The molecule has 176 valence electrons. The van der Waals surface area contributed by atoms with Crippen molar-refractivity contribution in [2.75, 3.05) is 0 Å². The van der Waals surface area contributed by atoms with Crippen LogP contribution in [0.1, 0.15) is 105 Å². The molecular formula is C29H48O2. The van der Waals surface area contributed by atoms with Gasteiger partial charge in [0.15, 0.2) is 0 Å². The lowest BCUT2D eigenvalue weighted by Crippen LogP contribution is -2.56. The monoisotopic (exact) mass is 428 g/mol. The number of rotatable bonds is 5. The van der Waals surface area contributed by atoms with Crippen molar-refractivity contribution < 1.29 is 10.2 Å². The Morgan fingerprint density at radius 2 is 1.65 bits per heavy atom. The maximum atomic E-state index is 11.5. The lowest BCUT2D eigenvalue weighted by Gasteiger charge is -2.61. The van der Waals surface area contributed by atoms with E-state index in [1.165, 1.54) is 50.5 Å². The minimum atomic E-state index is -0.296. The Labute approximate surface area is 191 Å². The van der Waals surface area contributed by atoms with Crippen LogP contribution in [0.15, 0.2) is 11.6 Å². The van der Waals surface area contributed by atoms with Gasteiger partial charge >= 0.3 is 0 Å². The van der Waals surface area contributed by atoms with E-state index in [9.17, 15) is 10.2 Å². The predicted octanol–water partition coefficient (Wildman–Crippen LogP) is 6.75. The highest BCUT2D eigenvalue weighted by Crippen LogP contribution is 2.72. The predicted molar refractivity (Wildman–Crippen MR) is 127 cm³/mol. The Morgan fingerprint density at radius 1 is 0.903 bits per heavy atom. The summed E-state index contributed by atoms with van der Waals surface area (Å²) in [6, 6.07) is 0. The molecule has 0 bridgehead atoms. The van der Waals surface area contributed by atoms with Gasteiger partial charge in [0, 0.05) is 5.41 Å². The van der Waals surface area contributed by atoms with Gasteiger partial charge in [0.2, 0.25) is 0 Å². The average Bonchev–Trinajstić information content (AvgIpc) is 3.42. The highest BCUT2D eigenvalue weighted by molar-refractivity contribution is 5.38. The molecule has 31 heavy (non-hydrogen) atoms. The molecular weight excluding hydrogens is 380 g/mol. The molecule has 0 aromatic rings. The molecule has 4 fully saturated rings. The number of hydrogen-bond donors (Lipinski definition) is 2. The zero-order valence-corrected chi connectivity index (χ0v) is 20.9. The van der Waals surface area contributed by atoms with Crippen molar-refractivity contribution in [3.8, 4) is 0 Å². The quantitative estimate of drug-likeness (QED) is 0.475. The first-order valence-corrected chi connectivity index (χ1v) is 13.7. The van der Waals surface area contributed by atoms with Crippen LogP contribution in [0.4, 0.5) is 0 Å². The van der Waals surface area contributed by atoms with Crippen LogP contribution in [0.3, 0.4) is 0 Å². The molecule has 0 amide bonds. The number of fused-ring (bicyclic) bond motifs is 6. The van der Waals surface area contributed by atoms with Crippen molar-refractivity contribution in [1.29, 1.82) is 0 Å². The van der Waals surface area contributed by atoms with Crippen molar-refractivity contribution in [1.82, 2.24) is 0 Å². The first kappa shape index (κ1) is 22.5. The minimum absolute atomic E-state index is 0.0306. The third-order valence-corrected chi connectivity index (χ3v) is 11.6. The standard InChI is InChI=1S/C29H48O2/c1-18(2)7-6-8-19(3)20-9-10-21-26-22(11-13-27(20,21)4)28(5)14-12-25(31)29(15-16-29)24(28)17-23(26)30/h17-23,25-26,30-31H,6-16H2,1-5H3/t19-,20-,21+,22+,23-,25+,26+,27-,28-/m1/s1. The minimum Gasteiger partial charge on any atom is -0.392 e. The molecule has 2 heteroatoms. The number of aliphatic hydroxyl groups is 2. The third-order valence-electron chi connectivity index (χ3n) is 11.6. The normalized spacial score (nSPS) is 48.7. The van der Waals surface area contributed by atoms with Crippen LogP contribution in [0, 0.1) is 51.8 Å². The largest absolute Gasteiger partial charge is 0.392 e. The second-order valence-corrected chi connectivity index (χ2v) is 13.5. The second kappa shape index (κ2) is 7.59. The first-order valence-electron chi connectivity index (χ1n) is 13.7. The fourth-order valence-electron chi connectivity index (χ4n) is 9.80. The Bertz CT molecular complexity index is 720. The number of hydrogen-bond acceptors (Lipinski definition) is 2. The summed E-state index contributed by atoms with van der Waals surface area (Å²) in [5.74, 6) is 4.19. The van der Waals surface area contributed by atoms with Gasteiger partial charge in [-0.3, -0.25) is 0 Å². The zero-order valence-electron chi connectivity index (χ0n) is 20.9. The van der Waals surface area contributed by atoms with Crippen molar-refractivity contribution in [2.45, 2.75) is 117 Å². The summed E-state index contributed by atoms with van der Waals surface area (Å²) in [7, 11) is 0. The summed E-state index contributed by atoms with van der Waals surface area (Å²) in [5, 5.41) is 22.3. The molecule has 0 aliphatic heterocycles. The van der Waals surface area contributed by atoms with Crippen LogP contribution < -0.4 is 0 Å². The molecule has 0 radical (unpaired) electrons. The van der Waals surface area contributed by atoms with Crippen LogP contribution >= 0.6 is 0 Å². The van der Waals surface area contributed by atoms with Crippen LogP contribution in [-0.4, -0.2) is 22.4 Å². The van der Waals surface area contributed by atoms with E-state index in [2.05, 4.69) is 40.7 Å². The lowest BCUT2D eigenvalue weighted by atomic mass is 9.45. The van der Waals surface area contributed by atoms with Gasteiger partial charge in [-0.2, -0.15) is 0 Å². The van der Waals surface area contributed by atoms with Gasteiger partial charge in [0.25, 0.3) is 0 Å². The molecule has 5 aliphatic rings. The molecule has 0 aromatic heterocycles. The zero-order chi connectivity index (χ0) is 22.2.